The SMILES string of the molecule is CCn1c2ccccc2c2cc(NC(=O)[C@@H](C)Nc3ccc(N4CCOCC4)cc3)ccc21. The number of anilines is 3. The van der Waals surface area contributed by atoms with E-state index in [9.17, 15) is 4.79 Å². The molecule has 3 aromatic carbocycles. The summed E-state index contributed by atoms with van der Waals surface area (Å²) in [6, 6.07) is 22.4. The van der Waals surface area contributed by atoms with Crippen LogP contribution in [0.5, 0.6) is 0 Å². The van der Waals surface area contributed by atoms with E-state index in [-0.39, 0.29) is 11.9 Å². The van der Waals surface area contributed by atoms with E-state index in [1.807, 2.05) is 25.1 Å². The number of para-hydroxylation sites is 1. The Balaban J connectivity index is 1.28. The number of aromatic nitrogens is 1. The summed E-state index contributed by atoms with van der Waals surface area (Å²) in [5.74, 6) is -0.0640. The Bertz CT molecular complexity index is 1270. The summed E-state index contributed by atoms with van der Waals surface area (Å²) in [6.45, 7) is 8.29. The van der Waals surface area contributed by atoms with Crippen LogP contribution in [0.25, 0.3) is 21.8 Å². The molecule has 4 aromatic rings. The maximum atomic E-state index is 12.9. The van der Waals surface area contributed by atoms with E-state index in [1.54, 1.807) is 0 Å². The van der Waals surface area contributed by atoms with E-state index < -0.39 is 0 Å². The smallest absolute Gasteiger partial charge is 0.246 e. The number of benzene rings is 3. The molecule has 1 fully saturated rings. The monoisotopic (exact) mass is 442 g/mol. The van der Waals surface area contributed by atoms with Crippen LogP contribution in [0.1, 0.15) is 13.8 Å². The van der Waals surface area contributed by atoms with Crippen molar-refractivity contribution in [3.8, 4) is 0 Å². The summed E-state index contributed by atoms with van der Waals surface area (Å²) in [5.41, 5.74) is 5.32. The summed E-state index contributed by atoms with van der Waals surface area (Å²) in [5, 5.41) is 8.75. The molecule has 6 nitrogen and oxygen atoms in total. The molecule has 2 N–H and O–H groups in total. The molecule has 1 saturated heterocycles. The predicted octanol–water partition coefficient (Wildman–Crippen LogP) is 5.09. The van der Waals surface area contributed by atoms with E-state index in [4.69, 9.17) is 4.74 Å². The van der Waals surface area contributed by atoms with E-state index >= 15 is 0 Å². The van der Waals surface area contributed by atoms with Gasteiger partial charge in [0.05, 0.1) is 13.2 Å². The van der Waals surface area contributed by atoms with Crippen molar-refractivity contribution in [1.29, 1.82) is 0 Å². The van der Waals surface area contributed by atoms with Crippen molar-refractivity contribution < 1.29 is 9.53 Å². The number of fused-ring (bicyclic) bond motifs is 3. The van der Waals surface area contributed by atoms with Gasteiger partial charge in [0, 0.05) is 58.5 Å². The van der Waals surface area contributed by atoms with Crippen LogP contribution in [-0.4, -0.2) is 42.8 Å². The Hall–Kier alpha value is -3.51. The van der Waals surface area contributed by atoms with Crippen LogP contribution < -0.4 is 15.5 Å². The Morgan fingerprint density at radius 2 is 1.64 bits per heavy atom. The van der Waals surface area contributed by atoms with E-state index in [2.05, 4.69) is 75.6 Å². The van der Waals surface area contributed by atoms with E-state index in [0.717, 1.165) is 49.6 Å². The maximum Gasteiger partial charge on any atom is 0.246 e. The number of hydrogen-bond donors (Lipinski definition) is 2. The van der Waals surface area contributed by atoms with Gasteiger partial charge in [-0.05, 0) is 62.4 Å². The average molecular weight is 443 g/mol. The number of nitrogens with one attached hydrogen (secondary N) is 2. The zero-order chi connectivity index (χ0) is 22.8. The fraction of sp³-hybridized carbons (Fsp3) is 0.296. The van der Waals surface area contributed by atoms with Gasteiger partial charge in [0.15, 0.2) is 0 Å². The molecule has 6 heteroatoms. The minimum Gasteiger partial charge on any atom is -0.378 e. The average Bonchev–Trinajstić information content (AvgIpc) is 3.18. The number of morpholine rings is 1. The normalized spacial score (nSPS) is 15.0. The van der Waals surface area contributed by atoms with Crippen LogP contribution in [-0.2, 0) is 16.1 Å². The first kappa shape index (κ1) is 21.3. The van der Waals surface area contributed by atoms with Crippen molar-refractivity contribution in [3.05, 3.63) is 66.7 Å². The molecule has 0 saturated carbocycles. The van der Waals surface area contributed by atoms with Gasteiger partial charge < -0.3 is 24.8 Å². The summed E-state index contributed by atoms with van der Waals surface area (Å²) >= 11 is 0. The summed E-state index contributed by atoms with van der Waals surface area (Å²) in [7, 11) is 0. The first-order valence-electron chi connectivity index (χ1n) is 11.6. The van der Waals surface area contributed by atoms with Crippen LogP contribution >= 0.6 is 0 Å². The lowest BCUT2D eigenvalue weighted by Crippen LogP contribution is -2.36. The van der Waals surface area contributed by atoms with Gasteiger partial charge in [-0.1, -0.05) is 18.2 Å². The zero-order valence-corrected chi connectivity index (χ0v) is 19.2. The molecule has 0 bridgehead atoms. The number of nitrogens with zero attached hydrogens (tertiary/aromatic N) is 2. The lowest BCUT2D eigenvalue weighted by Gasteiger charge is -2.29. The van der Waals surface area contributed by atoms with Crippen LogP contribution in [0, 0.1) is 0 Å². The first-order chi connectivity index (χ1) is 16.1. The van der Waals surface area contributed by atoms with Crippen molar-refractivity contribution in [1.82, 2.24) is 4.57 Å². The molecule has 5 rings (SSSR count). The van der Waals surface area contributed by atoms with Crippen molar-refractivity contribution in [2.45, 2.75) is 26.4 Å². The second kappa shape index (κ2) is 9.16. The minimum atomic E-state index is -0.369. The molecule has 170 valence electrons. The Morgan fingerprint density at radius 1 is 0.939 bits per heavy atom. The second-order valence-corrected chi connectivity index (χ2v) is 8.49. The number of rotatable bonds is 6. The van der Waals surface area contributed by atoms with Crippen molar-refractivity contribution in [2.75, 3.05) is 41.8 Å². The third-order valence-electron chi connectivity index (χ3n) is 6.38. The van der Waals surface area contributed by atoms with Gasteiger partial charge in [0.25, 0.3) is 0 Å². The molecule has 1 aromatic heterocycles. The van der Waals surface area contributed by atoms with Crippen LogP contribution in [0.4, 0.5) is 17.1 Å². The molecule has 0 aliphatic carbocycles. The Labute approximate surface area is 194 Å². The molecule has 0 unspecified atom stereocenters. The predicted molar refractivity (Wildman–Crippen MR) is 136 cm³/mol. The summed E-state index contributed by atoms with van der Waals surface area (Å²) in [4.78, 5) is 15.2. The molecule has 0 spiro atoms. The number of carbonyl (C=O) groups excluding carboxylic acids is 1. The third kappa shape index (κ3) is 4.26. The standard InChI is InChI=1S/C27H30N4O2/c1-3-31-25-7-5-4-6-23(25)24-18-21(10-13-26(24)31)29-27(32)19(2)28-20-8-11-22(12-9-20)30-14-16-33-17-15-30/h4-13,18-19,28H,3,14-17H2,1-2H3,(H,29,32)/t19-/m1/s1. The minimum absolute atomic E-state index is 0.0640. The molecule has 1 aliphatic heterocycles. The lowest BCUT2D eigenvalue weighted by atomic mass is 10.1. The molecular formula is C27H30N4O2. The van der Waals surface area contributed by atoms with Gasteiger partial charge in [-0.15, -0.1) is 0 Å². The number of aryl methyl sites for hydroxylation is 1. The molecule has 33 heavy (non-hydrogen) atoms. The van der Waals surface area contributed by atoms with E-state index in [0.29, 0.717) is 0 Å². The van der Waals surface area contributed by atoms with Crippen LogP contribution in [0.2, 0.25) is 0 Å². The largest absolute Gasteiger partial charge is 0.378 e. The highest BCUT2D eigenvalue weighted by Crippen LogP contribution is 2.31. The molecule has 1 amide bonds. The quantitative estimate of drug-likeness (QED) is 0.437. The number of carbonyl (C=O) groups is 1. The van der Waals surface area contributed by atoms with Gasteiger partial charge >= 0.3 is 0 Å². The van der Waals surface area contributed by atoms with Gasteiger partial charge in [-0.2, -0.15) is 0 Å². The highest BCUT2D eigenvalue weighted by molar-refractivity contribution is 6.10. The second-order valence-electron chi connectivity index (χ2n) is 8.49. The summed E-state index contributed by atoms with van der Waals surface area (Å²) < 4.78 is 7.73. The van der Waals surface area contributed by atoms with Gasteiger partial charge in [0.2, 0.25) is 5.91 Å². The van der Waals surface area contributed by atoms with Gasteiger partial charge in [-0.3, -0.25) is 4.79 Å². The van der Waals surface area contributed by atoms with Crippen molar-refractivity contribution >= 4 is 44.8 Å². The number of hydrogen-bond acceptors (Lipinski definition) is 4. The molecule has 1 aliphatic rings. The fourth-order valence-corrected chi connectivity index (χ4v) is 4.63. The van der Waals surface area contributed by atoms with Crippen molar-refractivity contribution in [2.24, 2.45) is 0 Å². The molecule has 2 heterocycles. The molecule has 1 atom stereocenters. The fourth-order valence-electron chi connectivity index (χ4n) is 4.63. The van der Waals surface area contributed by atoms with E-state index in [1.165, 1.54) is 22.1 Å². The lowest BCUT2D eigenvalue weighted by molar-refractivity contribution is -0.116. The highest BCUT2D eigenvalue weighted by atomic mass is 16.5. The maximum absolute atomic E-state index is 12.9. The molecule has 0 radical (unpaired) electrons. The van der Waals surface area contributed by atoms with Crippen molar-refractivity contribution in [3.63, 3.8) is 0 Å². The number of amides is 1. The number of ether oxygens (including phenoxy) is 1. The highest BCUT2D eigenvalue weighted by Gasteiger charge is 2.16. The van der Waals surface area contributed by atoms with Crippen LogP contribution in [0.3, 0.4) is 0 Å². The zero-order valence-electron chi connectivity index (χ0n) is 19.2. The third-order valence-corrected chi connectivity index (χ3v) is 6.38. The topological polar surface area (TPSA) is 58.5 Å². The molecular weight excluding hydrogens is 412 g/mol. The Morgan fingerprint density at radius 3 is 2.39 bits per heavy atom. The van der Waals surface area contributed by atoms with Crippen LogP contribution in [0.15, 0.2) is 66.7 Å². The first-order valence-corrected chi connectivity index (χ1v) is 11.6. The Kier molecular flexibility index (Phi) is 5.92. The summed E-state index contributed by atoms with van der Waals surface area (Å²) in [6.07, 6.45) is 0. The van der Waals surface area contributed by atoms with Gasteiger partial charge in [-0.25, -0.2) is 0 Å². The van der Waals surface area contributed by atoms with Gasteiger partial charge in [0.1, 0.15) is 6.04 Å².